The summed E-state index contributed by atoms with van der Waals surface area (Å²) in [5.41, 5.74) is 1.07. The summed E-state index contributed by atoms with van der Waals surface area (Å²) in [7, 11) is 8.04. The van der Waals surface area contributed by atoms with Crippen LogP contribution in [-0.2, 0) is 6.54 Å². The second-order valence-electron chi connectivity index (χ2n) is 6.92. The third kappa shape index (κ3) is 5.37. The van der Waals surface area contributed by atoms with Crippen molar-refractivity contribution in [3.8, 4) is 0 Å². The highest BCUT2D eigenvalue weighted by Gasteiger charge is 2.20. The van der Waals surface area contributed by atoms with E-state index in [0.29, 0.717) is 0 Å². The molecule has 1 N–H and O–H groups in total. The Kier molecular flexibility index (Phi) is 6.69. The summed E-state index contributed by atoms with van der Waals surface area (Å²) in [6.45, 7) is 4.19. The zero-order valence-electron chi connectivity index (χ0n) is 15.2. The van der Waals surface area contributed by atoms with Crippen molar-refractivity contribution >= 4 is 22.4 Å². The van der Waals surface area contributed by atoms with Crippen molar-refractivity contribution in [3.63, 3.8) is 0 Å². The highest BCUT2D eigenvalue weighted by Crippen LogP contribution is 2.28. The summed E-state index contributed by atoms with van der Waals surface area (Å²) in [5.74, 6) is 2.67. The molecule has 6 heteroatoms. The largest absolute Gasteiger partial charge is 0.354 e. The summed E-state index contributed by atoms with van der Waals surface area (Å²) < 4.78 is 0. The number of nitrogens with zero attached hydrogens (tertiary/aromatic N) is 4. The highest BCUT2D eigenvalue weighted by atomic mass is 32.1. The van der Waals surface area contributed by atoms with E-state index in [9.17, 15) is 0 Å². The molecule has 1 aromatic heterocycles. The first-order valence-electron chi connectivity index (χ1n) is 8.53. The van der Waals surface area contributed by atoms with E-state index in [0.717, 1.165) is 41.7 Å². The topological polar surface area (TPSA) is 43.8 Å². The SMILES string of the molecule is CN=C(NCc1csc(N(C)C)n1)N(C)CC1CCC(C)CC1. The van der Waals surface area contributed by atoms with Gasteiger partial charge in [0.2, 0.25) is 0 Å². The molecule has 5 nitrogen and oxygen atoms in total. The van der Waals surface area contributed by atoms with Crippen LogP contribution in [0.2, 0.25) is 0 Å². The molecule has 0 radical (unpaired) electrons. The van der Waals surface area contributed by atoms with Crippen LogP contribution in [-0.4, -0.2) is 50.6 Å². The van der Waals surface area contributed by atoms with Gasteiger partial charge in [0.15, 0.2) is 11.1 Å². The third-order valence-corrected chi connectivity index (χ3v) is 5.65. The Bertz CT molecular complexity index is 503. The summed E-state index contributed by atoms with van der Waals surface area (Å²) >= 11 is 1.68. The molecule has 1 aromatic rings. The van der Waals surface area contributed by atoms with Crippen LogP contribution in [0, 0.1) is 11.8 Å². The van der Waals surface area contributed by atoms with E-state index < -0.39 is 0 Å². The molecule has 0 aliphatic heterocycles. The quantitative estimate of drug-likeness (QED) is 0.662. The van der Waals surface area contributed by atoms with E-state index in [1.807, 2.05) is 26.0 Å². The van der Waals surface area contributed by atoms with Gasteiger partial charge in [0, 0.05) is 40.1 Å². The molecule has 0 unspecified atom stereocenters. The lowest BCUT2D eigenvalue weighted by Crippen LogP contribution is -2.41. The van der Waals surface area contributed by atoms with Crippen LogP contribution in [0.5, 0.6) is 0 Å². The smallest absolute Gasteiger partial charge is 0.193 e. The first-order valence-corrected chi connectivity index (χ1v) is 9.41. The Balaban J connectivity index is 1.81. The molecule has 0 amide bonds. The summed E-state index contributed by atoms with van der Waals surface area (Å²) in [6.07, 6.45) is 5.44. The fraction of sp³-hybridized carbons (Fsp3) is 0.765. The lowest BCUT2D eigenvalue weighted by atomic mass is 9.83. The average Bonchev–Trinajstić information content (AvgIpc) is 2.99. The zero-order valence-corrected chi connectivity index (χ0v) is 16.0. The van der Waals surface area contributed by atoms with E-state index in [1.165, 1.54) is 25.7 Å². The molecule has 130 valence electrons. The standard InChI is InChI=1S/C17H31N5S/c1-13-6-8-14(9-7-13)11-22(5)16(18-2)19-10-15-12-23-17(20-15)21(3)4/h12-14H,6-11H2,1-5H3,(H,18,19). The highest BCUT2D eigenvalue weighted by molar-refractivity contribution is 7.13. The molecule has 1 aliphatic carbocycles. The van der Waals surface area contributed by atoms with E-state index >= 15 is 0 Å². The van der Waals surface area contributed by atoms with Crippen molar-refractivity contribution < 1.29 is 0 Å². The van der Waals surface area contributed by atoms with Crippen LogP contribution in [0.1, 0.15) is 38.3 Å². The van der Waals surface area contributed by atoms with E-state index in [1.54, 1.807) is 11.3 Å². The van der Waals surface area contributed by atoms with E-state index in [4.69, 9.17) is 0 Å². The van der Waals surface area contributed by atoms with Gasteiger partial charge in [0.1, 0.15) is 0 Å². The van der Waals surface area contributed by atoms with Crippen molar-refractivity contribution in [1.82, 2.24) is 15.2 Å². The number of thiazole rings is 1. The second kappa shape index (κ2) is 8.52. The van der Waals surface area contributed by atoms with Gasteiger partial charge < -0.3 is 15.1 Å². The Morgan fingerprint density at radius 1 is 1.30 bits per heavy atom. The molecule has 23 heavy (non-hydrogen) atoms. The van der Waals surface area contributed by atoms with Crippen LogP contribution in [0.4, 0.5) is 5.13 Å². The van der Waals surface area contributed by atoms with Gasteiger partial charge in [-0.05, 0) is 24.7 Å². The van der Waals surface area contributed by atoms with Gasteiger partial charge in [-0.15, -0.1) is 11.3 Å². The predicted octanol–water partition coefficient (Wildman–Crippen LogP) is 3.04. The predicted molar refractivity (Wildman–Crippen MR) is 100 cm³/mol. The number of guanidine groups is 1. The number of anilines is 1. The van der Waals surface area contributed by atoms with Gasteiger partial charge in [-0.25, -0.2) is 4.98 Å². The molecular weight excluding hydrogens is 306 g/mol. The normalized spacial score (nSPS) is 22.0. The summed E-state index contributed by atoms with van der Waals surface area (Å²) in [4.78, 5) is 13.3. The summed E-state index contributed by atoms with van der Waals surface area (Å²) in [6, 6.07) is 0. The zero-order chi connectivity index (χ0) is 16.8. The van der Waals surface area contributed by atoms with Crippen LogP contribution in [0.3, 0.4) is 0 Å². The van der Waals surface area contributed by atoms with Gasteiger partial charge in [0.05, 0.1) is 12.2 Å². The Morgan fingerprint density at radius 2 is 2.00 bits per heavy atom. The minimum atomic E-state index is 0.725. The van der Waals surface area contributed by atoms with Gasteiger partial charge in [-0.3, -0.25) is 4.99 Å². The molecule has 0 aromatic carbocycles. The second-order valence-corrected chi connectivity index (χ2v) is 7.76. The number of aromatic nitrogens is 1. The van der Waals surface area contributed by atoms with Crippen LogP contribution in [0.15, 0.2) is 10.4 Å². The Hall–Kier alpha value is -1.30. The lowest BCUT2D eigenvalue weighted by Gasteiger charge is -2.31. The van der Waals surface area contributed by atoms with Gasteiger partial charge >= 0.3 is 0 Å². The number of aliphatic imine (C=N–C) groups is 1. The van der Waals surface area contributed by atoms with Crippen LogP contribution >= 0.6 is 11.3 Å². The first kappa shape index (κ1) is 18.0. The lowest BCUT2D eigenvalue weighted by molar-refractivity contribution is 0.250. The molecule has 0 bridgehead atoms. The van der Waals surface area contributed by atoms with Crippen molar-refractivity contribution in [2.45, 2.75) is 39.2 Å². The van der Waals surface area contributed by atoms with Crippen molar-refractivity contribution in [2.75, 3.05) is 39.6 Å². The minimum absolute atomic E-state index is 0.725. The van der Waals surface area contributed by atoms with Crippen LogP contribution in [0.25, 0.3) is 0 Å². The van der Waals surface area contributed by atoms with Crippen molar-refractivity contribution in [2.24, 2.45) is 16.8 Å². The monoisotopic (exact) mass is 337 g/mol. The number of hydrogen-bond acceptors (Lipinski definition) is 4. The molecular formula is C17H31N5S. The maximum Gasteiger partial charge on any atom is 0.193 e. The van der Waals surface area contributed by atoms with Crippen molar-refractivity contribution in [1.29, 1.82) is 0 Å². The molecule has 1 saturated carbocycles. The maximum atomic E-state index is 4.61. The molecule has 2 rings (SSSR count). The maximum absolute atomic E-state index is 4.61. The minimum Gasteiger partial charge on any atom is -0.354 e. The molecule has 0 atom stereocenters. The third-order valence-electron chi connectivity index (χ3n) is 4.59. The molecule has 0 spiro atoms. The van der Waals surface area contributed by atoms with Gasteiger partial charge in [0.25, 0.3) is 0 Å². The fourth-order valence-electron chi connectivity index (χ4n) is 3.12. The first-order chi connectivity index (χ1) is 11.0. The molecule has 1 fully saturated rings. The number of nitrogens with one attached hydrogen (secondary N) is 1. The molecule has 1 aliphatic rings. The fourth-order valence-corrected chi connectivity index (χ4v) is 3.88. The van der Waals surface area contributed by atoms with Crippen LogP contribution < -0.4 is 10.2 Å². The summed E-state index contributed by atoms with van der Waals surface area (Å²) in [5, 5.41) is 6.59. The molecule has 1 heterocycles. The van der Waals surface area contributed by atoms with E-state index in [-0.39, 0.29) is 0 Å². The van der Waals surface area contributed by atoms with Crippen molar-refractivity contribution in [3.05, 3.63) is 11.1 Å². The Morgan fingerprint density at radius 3 is 2.57 bits per heavy atom. The van der Waals surface area contributed by atoms with Gasteiger partial charge in [-0.2, -0.15) is 0 Å². The molecule has 0 saturated heterocycles. The number of hydrogen-bond donors (Lipinski definition) is 1. The number of rotatable bonds is 5. The van der Waals surface area contributed by atoms with E-state index in [2.05, 4.69) is 39.5 Å². The average molecular weight is 338 g/mol. The van der Waals surface area contributed by atoms with Gasteiger partial charge in [-0.1, -0.05) is 19.8 Å². The Labute approximate surface area is 144 Å².